The molecule has 0 aliphatic rings. The first kappa shape index (κ1) is 14.9. The third-order valence-electron chi connectivity index (χ3n) is 2.49. The van der Waals surface area contributed by atoms with Gasteiger partial charge >= 0.3 is 5.97 Å². The highest BCUT2D eigenvalue weighted by atomic mass is 32.1. The predicted molar refractivity (Wildman–Crippen MR) is 75.8 cm³/mol. The Morgan fingerprint density at radius 1 is 1.44 bits per heavy atom. The van der Waals surface area contributed by atoms with E-state index in [2.05, 4.69) is 25.6 Å². The summed E-state index contributed by atoms with van der Waals surface area (Å²) in [6.45, 7) is 9.91. The molecule has 1 aromatic heterocycles. The number of nitrogens with zero attached hydrogens (tertiary/aromatic N) is 1. The third kappa shape index (κ3) is 5.02. The van der Waals surface area contributed by atoms with Gasteiger partial charge in [-0.1, -0.05) is 13.0 Å². The Bertz CT molecular complexity index is 387. The summed E-state index contributed by atoms with van der Waals surface area (Å²) < 4.78 is 4.97. The van der Waals surface area contributed by atoms with Crippen LogP contribution in [0.25, 0.3) is 0 Å². The third-order valence-corrected chi connectivity index (χ3v) is 3.70. The first-order chi connectivity index (χ1) is 8.69. The van der Waals surface area contributed by atoms with Gasteiger partial charge in [0.1, 0.15) is 0 Å². The van der Waals surface area contributed by atoms with E-state index in [1.54, 1.807) is 11.3 Å². The molecule has 0 bridgehead atoms. The maximum Gasteiger partial charge on any atom is 0.320 e. The number of ether oxygens (including phenoxy) is 1. The lowest BCUT2D eigenvalue weighted by Crippen LogP contribution is -2.30. The van der Waals surface area contributed by atoms with E-state index in [1.807, 2.05) is 17.9 Å². The van der Waals surface area contributed by atoms with Crippen molar-refractivity contribution in [2.75, 3.05) is 19.7 Å². The highest BCUT2D eigenvalue weighted by molar-refractivity contribution is 7.11. The summed E-state index contributed by atoms with van der Waals surface area (Å²) in [5.74, 6) is -0.174. The molecule has 1 aromatic rings. The number of hydrogen-bond donors (Lipinski definition) is 0. The zero-order valence-corrected chi connectivity index (χ0v) is 12.0. The molecule has 1 heterocycles. The predicted octanol–water partition coefficient (Wildman–Crippen LogP) is 2.86. The maximum atomic E-state index is 11.5. The van der Waals surface area contributed by atoms with Gasteiger partial charge in [-0.3, -0.25) is 9.69 Å². The molecule has 18 heavy (non-hydrogen) atoms. The van der Waals surface area contributed by atoms with Gasteiger partial charge in [0.05, 0.1) is 13.2 Å². The minimum atomic E-state index is -0.174. The summed E-state index contributed by atoms with van der Waals surface area (Å²) in [6, 6.07) is 4.28. The van der Waals surface area contributed by atoms with Crippen molar-refractivity contribution >= 4 is 17.3 Å². The molecule has 1 rings (SSSR count). The zero-order valence-electron chi connectivity index (χ0n) is 11.1. The van der Waals surface area contributed by atoms with Crippen LogP contribution in [0, 0.1) is 0 Å². The van der Waals surface area contributed by atoms with Crippen LogP contribution in [0.4, 0.5) is 0 Å². The van der Waals surface area contributed by atoms with E-state index < -0.39 is 0 Å². The summed E-state index contributed by atoms with van der Waals surface area (Å²) in [5, 5.41) is 0. The highest BCUT2D eigenvalue weighted by Crippen LogP contribution is 2.18. The number of esters is 1. The van der Waals surface area contributed by atoms with Crippen molar-refractivity contribution in [3.8, 4) is 0 Å². The second-order valence-electron chi connectivity index (χ2n) is 3.98. The Hall–Kier alpha value is -1.13. The zero-order chi connectivity index (χ0) is 13.4. The Morgan fingerprint density at radius 3 is 2.72 bits per heavy atom. The lowest BCUT2D eigenvalue weighted by atomic mass is 10.3. The number of rotatable bonds is 8. The Balaban J connectivity index is 2.56. The molecule has 100 valence electrons. The highest BCUT2D eigenvalue weighted by Gasteiger charge is 2.11. The summed E-state index contributed by atoms with van der Waals surface area (Å²) in [5.41, 5.74) is 0. The van der Waals surface area contributed by atoms with Gasteiger partial charge in [-0.2, -0.15) is 0 Å². The van der Waals surface area contributed by atoms with Gasteiger partial charge < -0.3 is 4.74 Å². The fourth-order valence-electron chi connectivity index (χ4n) is 1.67. The largest absolute Gasteiger partial charge is 0.465 e. The van der Waals surface area contributed by atoms with Crippen molar-refractivity contribution in [1.82, 2.24) is 4.90 Å². The topological polar surface area (TPSA) is 29.5 Å². The van der Waals surface area contributed by atoms with Gasteiger partial charge in [-0.15, -0.1) is 17.9 Å². The number of carbonyl (C=O) groups is 1. The molecule has 0 radical (unpaired) electrons. The van der Waals surface area contributed by atoms with Crippen LogP contribution in [-0.4, -0.2) is 30.6 Å². The molecular formula is C14H21NO2S. The molecule has 0 atom stereocenters. The lowest BCUT2D eigenvalue weighted by molar-refractivity contribution is -0.144. The molecule has 4 heteroatoms. The van der Waals surface area contributed by atoms with Crippen LogP contribution in [0.5, 0.6) is 0 Å². The molecule has 0 spiro atoms. The minimum absolute atomic E-state index is 0.174. The summed E-state index contributed by atoms with van der Waals surface area (Å²) in [4.78, 5) is 16.2. The van der Waals surface area contributed by atoms with Crippen molar-refractivity contribution < 1.29 is 9.53 Å². The summed E-state index contributed by atoms with van der Waals surface area (Å²) in [7, 11) is 0. The molecule has 0 saturated heterocycles. The van der Waals surface area contributed by atoms with Crippen LogP contribution >= 0.6 is 11.3 Å². The average molecular weight is 267 g/mol. The Morgan fingerprint density at radius 2 is 2.17 bits per heavy atom. The maximum absolute atomic E-state index is 11.5. The number of thiophene rings is 1. The molecule has 0 amide bonds. The van der Waals surface area contributed by atoms with Crippen molar-refractivity contribution in [2.45, 2.75) is 26.8 Å². The standard InChI is InChI=1S/C14H21NO2S/c1-4-9-15(11-14(16)17-6-3)10-13-8-7-12(5-2)18-13/h4,7-8H,1,5-6,9-11H2,2-3H3. The van der Waals surface area contributed by atoms with Gasteiger partial charge in [0, 0.05) is 22.8 Å². The van der Waals surface area contributed by atoms with Gasteiger partial charge in [0.25, 0.3) is 0 Å². The number of aryl methyl sites for hydroxylation is 1. The van der Waals surface area contributed by atoms with E-state index in [0.29, 0.717) is 19.7 Å². The van der Waals surface area contributed by atoms with Gasteiger partial charge in [-0.25, -0.2) is 0 Å². The second kappa shape index (κ2) is 8.06. The molecule has 0 fully saturated rings. The monoisotopic (exact) mass is 267 g/mol. The van der Waals surface area contributed by atoms with Crippen LogP contribution in [-0.2, 0) is 22.5 Å². The summed E-state index contributed by atoms with van der Waals surface area (Å²) >= 11 is 1.80. The molecule has 0 aliphatic heterocycles. The number of carbonyl (C=O) groups excluding carboxylic acids is 1. The average Bonchev–Trinajstić information content (AvgIpc) is 2.77. The Labute approximate surface area is 113 Å². The lowest BCUT2D eigenvalue weighted by Gasteiger charge is -2.18. The van der Waals surface area contributed by atoms with Gasteiger partial charge in [0.2, 0.25) is 0 Å². The molecule has 0 aromatic carbocycles. The van der Waals surface area contributed by atoms with E-state index in [4.69, 9.17) is 4.74 Å². The van der Waals surface area contributed by atoms with Crippen LogP contribution in [0.1, 0.15) is 23.6 Å². The van der Waals surface area contributed by atoms with Crippen LogP contribution < -0.4 is 0 Å². The minimum Gasteiger partial charge on any atom is -0.465 e. The van der Waals surface area contributed by atoms with Crippen molar-refractivity contribution in [3.05, 3.63) is 34.5 Å². The molecule has 0 N–H and O–H groups in total. The van der Waals surface area contributed by atoms with Crippen LogP contribution in [0.15, 0.2) is 24.8 Å². The molecule has 3 nitrogen and oxygen atoms in total. The first-order valence-electron chi connectivity index (χ1n) is 6.26. The van der Waals surface area contributed by atoms with Crippen LogP contribution in [0.2, 0.25) is 0 Å². The summed E-state index contributed by atoms with van der Waals surface area (Å²) in [6.07, 6.45) is 2.87. The van der Waals surface area contributed by atoms with Crippen molar-refractivity contribution in [3.63, 3.8) is 0 Å². The molecule has 0 aliphatic carbocycles. The van der Waals surface area contributed by atoms with E-state index in [-0.39, 0.29) is 5.97 Å². The van der Waals surface area contributed by atoms with Crippen LogP contribution in [0.3, 0.4) is 0 Å². The second-order valence-corrected chi connectivity index (χ2v) is 5.24. The first-order valence-corrected chi connectivity index (χ1v) is 7.07. The normalized spacial score (nSPS) is 10.6. The van der Waals surface area contributed by atoms with E-state index in [9.17, 15) is 4.79 Å². The molecule has 0 saturated carbocycles. The van der Waals surface area contributed by atoms with Crippen molar-refractivity contribution in [2.24, 2.45) is 0 Å². The van der Waals surface area contributed by atoms with E-state index in [0.717, 1.165) is 13.0 Å². The van der Waals surface area contributed by atoms with Gasteiger partial charge in [0.15, 0.2) is 0 Å². The van der Waals surface area contributed by atoms with E-state index >= 15 is 0 Å². The SMILES string of the molecule is C=CCN(CC(=O)OCC)Cc1ccc(CC)s1. The fourth-order valence-corrected chi connectivity index (χ4v) is 2.67. The molecule has 0 unspecified atom stereocenters. The van der Waals surface area contributed by atoms with Gasteiger partial charge in [-0.05, 0) is 25.5 Å². The Kier molecular flexibility index (Phi) is 6.68. The number of hydrogen-bond acceptors (Lipinski definition) is 4. The molecular weight excluding hydrogens is 246 g/mol. The quantitative estimate of drug-likeness (QED) is 0.536. The fraction of sp³-hybridized carbons (Fsp3) is 0.500. The smallest absolute Gasteiger partial charge is 0.320 e. The van der Waals surface area contributed by atoms with Crippen molar-refractivity contribution in [1.29, 1.82) is 0 Å². The van der Waals surface area contributed by atoms with E-state index in [1.165, 1.54) is 9.75 Å².